The number of allylic oxidation sites excluding steroid dienone is 2. The van der Waals surface area contributed by atoms with Gasteiger partial charge in [0.25, 0.3) is 0 Å². The Morgan fingerprint density at radius 3 is 2.22 bits per heavy atom. The first kappa shape index (κ1) is 31.3. The van der Waals surface area contributed by atoms with E-state index in [2.05, 4.69) is 40.7 Å². The van der Waals surface area contributed by atoms with Crippen LogP contribution in [-0.2, 0) is 0 Å². The summed E-state index contributed by atoms with van der Waals surface area (Å²) in [4.78, 5) is 0. The molecule has 4 aliphatic carbocycles. The van der Waals surface area contributed by atoms with E-state index in [4.69, 9.17) is 0 Å². The number of fused-ring (bicyclic) bond motifs is 5. The predicted molar refractivity (Wildman–Crippen MR) is 166 cm³/mol. The molecule has 0 spiro atoms. The molecule has 0 aromatic rings. The molecule has 0 bridgehead atoms. The molecular formula is C37H68. The van der Waals surface area contributed by atoms with Crippen LogP contribution >= 0.6 is 0 Å². The van der Waals surface area contributed by atoms with E-state index in [-0.39, 0.29) is 7.43 Å². The molecule has 0 N–H and O–H groups in total. The molecule has 3 fully saturated rings. The summed E-state index contributed by atoms with van der Waals surface area (Å²) >= 11 is 0. The zero-order chi connectivity index (χ0) is 25.6. The van der Waals surface area contributed by atoms with E-state index in [1.165, 1.54) is 122 Å². The van der Waals surface area contributed by atoms with Gasteiger partial charge in [0.1, 0.15) is 0 Å². The Hall–Kier alpha value is -0.260. The predicted octanol–water partition coefficient (Wildman–Crippen LogP) is 12.6. The van der Waals surface area contributed by atoms with Crippen molar-refractivity contribution >= 4 is 0 Å². The average Bonchev–Trinajstić information content (AvgIpc) is 3.19. The van der Waals surface area contributed by atoms with Crippen molar-refractivity contribution in [2.24, 2.45) is 46.3 Å². The Morgan fingerprint density at radius 2 is 1.49 bits per heavy atom. The summed E-state index contributed by atoms with van der Waals surface area (Å²) in [5.41, 5.74) is 3.13. The molecule has 0 saturated heterocycles. The third-order valence-corrected chi connectivity index (χ3v) is 12.5. The quantitative estimate of drug-likeness (QED) is 0.160. The summed E-state index contributed by atoms with van der Waals surface area (Å²) in [6, 6.07) is 0. The lowest BCUT2D eigenvalue weighted by Crippen LogP contribution is -2.50. The third-order valence-electron chi connectivity index (χ3n) is 12.5. The number of rotatable bonds is 14. The van der Waals surface area contributed by atoms with Crippen LogP contribution in [0.2, 0.25) is 0 Å². The minimum atomic E-state index is 0. The van der Waals surface area contributed by atoms with Gasteiger partial charge in [-0.3, -0.25) is 0 Å². The lowest BCUT2D eigenvalue weighted by Gasteiger charge is -2.58. The zero-order valence-corrected chi connectivity index (χ0v) is 25.4. The molecule has 37 heavy (non-hydrogen) atoms. The van der Waals surface area contributed by atoms with E-state index in [9.17, 15) is 0 Å². The van der Waals surface area contributed by atoms with Crippen molar-refractivity contribution < 1.29 is 0 Å². The molecule has 0 radical (unpaired) electrons. The fourth-order valence-electron chi connectivity index (χ4n) is 10.1. The Kier molecular flexibility index (Phi) is 12.2. The highest BCUT2D eigenvalue weighted by Crippen LogP contribution is 2.67. The monoisotopic (exact) mass is 513 g/mol. The molecule has 4 rings (SSSR count). The molecular weight excluding hydrogens is 444 g/mol. The smallest absolute Gasteiger partial charge is 0.00851 e. The number of hydrogen-bond donors (Lipinski definition) is 0. The lowest BCUT2D eigenvalue weighted by atomic mass is 9.46. The average molecular weight is 513 g/mol. The fourth-order valence-corrected chi connectivity index (χ4v) is 10.1. The maximum Gasteiger partial charge on any atom is -0.00851 e. The van der Waals surface area contributed by atoms with Crippen molar-refractivity contribution in [3.05, 3.63) is 11.6 Å². The third kappa shape index (κ3) is 7.28. The van der Waals surface area contributed by atoms with Crippen LogP contribution in [0.15, 0.2) is 11.6 Å². The van der Waals surface area contributed by atoms with Crippen LogP contribution in [0.1, 0.15) is 177 Å². The van der Waals surface area contributed by atoms with Gasteiger partial charge in [-0.05, 0) is 104 Å². The molecule has 0 amide bonds. The van der Waals surface area contributed by atoms with Gasteiger partial charge in [-0.2, -0.15) is 0 Å². The topological polar surface area (TPSA) is 0 Å². The van der Waals surface area contributed by atoms with Crippen LogP contribution in [0, 0.1) is 46.3 Å². The van der Waals surface area contributed by atoms with Gasteiger partial charge in [-0.25, -0.2) is 0 Å². The first-order valence-electron chi connectivity index (χ1n) is 17.1. The van der Waals surface area contributed by atoms with Crippen LogP contribution in [-0.4, -0.2) is 0 Å². The summed E-state index contributed by atoms with van der Waals surface area (Å²) in [5, 5.41) is 0. The maximum absolute atomic E-state index is 2.82. The van der Waals surface area contributed by atoms with Gasteiger partial charge in [-0.1, -0.05) is 131 Å². The Morgan fingerprint density at radius 1 is 0.784 bits per heavy atom. The van der Waals surface area contributed by atoms with Crippen molar-refractivity contribution in [2.75, 3.05) is 0 Å². The fraction of sp³-hybridized carbons (Fsp3) is 0.946. The van der Waals surface area contributed by atoms with E-state index in [1.807, 2.05) is 5.57 Å². The Bertz CT molecular complexity index is 686. The highest BCUT2D eigenvalue weighted by Gasteiger charge is 2.58. The van der Waals surface area contributed by atoms with E-state index >= 15 is 0 Å². The minimum Gasteiger partial charge on any atom is -0.0845 e. The second-order valence-electron chi connectivity index (χ2n) is 15.1. The van der Waals surface area contributed by atoms with Crippen molar-refractivity contribution in [3.63, 3.8) is 0 Å². The van der Waals surface area contributed by atoms with Crippen LogP contribution in [0.4, 0.5) is 0 Å². The standard InChI is InChI=1S/C36H64.CH4/c1-6-7-8-9-10-11-12-13-17-29-23-25-36(5)31(27-29)19-21-32-33-22-20-30(18-15-14-16-28(2)3)35(33,4)26-24-34(32)36;/h19,28-30,32-34H,6-18,20-27H2,1-5H3;1H4. The summed E-state index contributed by atoms with van der Waals surface area (Å²) in [7, 11) is 0. The molecule has 0 heterocycles. The molecule has 216 valence electrons. The largest absolute Gasteiger partial charge is 0.0845 e. The van der Waals surface area contributed by atoms with Crippen LogP contribution in [0.25, 0.3) is 0 Å². The molecule has 0 aromatic carbocycles. The number of hydrogen-bond acceptors (Lipinski definition) is 0. The van der Waals surface area contributed by atoms with Crippen LogP contribution in [0.3, 0.4) is 0 Å². The van der Waals surface area contributed by atoms with E-state index in [0.29, 0.717) is 10.8 Å². The van der Waals surface area contributed by atoms with Crippen LogP contribution in [0.5, 0.6) is 0 Å². The summed E-state index contributed by atoms with van der Waals surface area (Å²) in [5.74, 6) is 5.93. The summed E-state index contributed by atoms with van der Waals surface area (Å²) in [6.07, 6.45) is 34.0. The van der Waals surface area contributed by atoms with E-state index in [0.717, 1.165) is 35.5 Å². The van der Waals surface area contributed by atoms with E-state index < -0.39 is 0 Å². The van der Waals surface area contributed by atoms with E-state index in [1.54, 1.807) is 12.8 Å². The first-order chi connectivity index (χ1) is 17.4. The first-order valence-corrected chi connectivity index (χ1v) is 17.1. The molecule has 0 nitrogen and oxygen atoms in total. The Balaban J connectivity index is 0.00000380. The van der Waals surface area contributed by atoms with Crippen molar-refractivity contribution in [3.8, 4) is 0 Å². The van der Waals surface area contributed by atoms with Gasteiger partial charge >= 0.3 is 0 Å². The van der Waals surface area contributed by atoms with Gasteiger partial charge in [0.15, 0.2) is 0 Å². The number of unbranched alkanes of at least 4 members (excludes halogenated alkanes) is 8. The highest BCUT2D eigenvalue weighted by molar-refractivity contribution is 5.25. The summed E-state index contributed by atoms with van der Waals surface area (Å²) in [6.45, 7) is 12.6. The second-order valence-corrected chi connectivity index (χ2v) is 15.1. The second kappa shape index (κ2) is 14.4. The Labute approximate surface area is 234 Å². The lowest BCUT2D eigenvalue weighted by molar-refractivity contribution is -0.0458. The molecule has 7 atom stereocenters. The molecule has 7 unspecified atom stereocenters. The summed E-state index contributed by atoms with van der Waals surface area (Å²) < 4.78 is 0. The van der Waals surface area contributed by atoms with Crippen LogP contribution < -0.4 is 0 Å². The molecule has 3 saturated carbocycles. The van der Waals surface area contributed by atoms with Gasteiger partial charge in [0, 0.05) is 0 Å². The SMILES string of the molecule is C.CCCCCCCCCCC1CCC2(C)C(=CCC3C2CCC2(C)C(CCCCC(C)C)CCC32)C1. The molecule has 0 heteroatoms. The van der Waals surface area contributed by atoms with Crippen molar-refractivity contribution in [2.45, 2.75) is 177 Å². The molecule has 0 aliphatic heterocycles. The molecule has 0 aromatic heterocycles. The maximum atomic E-state index is 2.82. The van der Waals surface area contributed by atoms with Crippen molar-refractivity contribution in [1.82, 2.24) is 0 Å². The van der Waals surface area contributed by atoms with Gasteiger partial charge in [-0.15, -0.1) is 0 Å². The zero-order valence-electron chi connectivity index (χ0n) is 25.4. The van der Waals surface area contributed by atoms with Gasteiger partial charge < -0.3 is 0 Å². The van der Waals surface area contributed by atoms with Gasteiger partial charge in [0.2, 0.25) is 0 Å². The molecule has 4 aliphatic rings. The van der Waals surface area contributed by atoms with Gasteiger partial charge in [0.05, 0.1) is 0 Å². The highest BCUT2D eigenvalue weighted by atomic mass is 14.6. The minimum absolute atomic E-state index is 0. The van der Waals surface area contributed by atoms with Crippen molar-refractivity contribution in [1.29, 1.82) is 0 Å². The normalized spacial score (nSPS) is 36.9.